The standard InChI is InChI=1S/C14H15F3N2O/c1-3-10-8(2)19-12-5-4-9(6-11(12)13(10)18)20-7-14(15,16)17/h4-6H,3,7H2,1-2H3,(H2,18,19). The van der Waals surface area contributed by atoms with Crippen LogP contribution in [0.5, 0.6) is 5.75 Å². The average Bonchev–Trinajstić information content (AvgIpc) is 2.36. The summed E-state index contributed by atoms with van der Waals surface area (Å²) in [6.07, 6.45) is -3.64. The lowest BCUT2D eigenvalue weighted by Gasteiger charge is -2.13. The third-order valence-electron chi connectivity index (χ3n) is 3.06. The smallest absolute Gasteiger partial charge is 0.422 e. The van der Waals surface area contributed by atoms with Gasteiger partial charge in [-0.15, -0.1) is 0 Å². The highest BCUT2D eigenvalue weighted by Gasteiger charge is 2.28. The van der Waals surface area contributed by atoms with E-state index in [4.69, 9.17) is 10.5 Å². The molecule has 1 heterocycles. The van der Waals surface area contributed by atoms with E-state index in [0.29, 0.717) is 23.0 Å². The van der Waals surface area contributed by atoms with Crippen molar-refractivity contribution >= 4 is 16.6 Å². The maximum atomic E-state index is 12.1. The van der Waals surface area contributed by atoms with E-state index in [2.05, 4.69) is 4.98 Å². The quantitative estimate of drug-likeness (QED) is 0.936. The minimum absolute atomic E-state index is 0.134. The summed E-state index contributed by atoms with van der Waals surface area (Å²) in [6, 6.07) is 4.58. The van der Waals surface area contributed by atoms with Crippen LogP contribution < -0.4 is 10.5 Å². The Kier molecular flexibility index (Phi) is 3.74. The van der Waals surface area contributed by atoms with Gasteiger partial charge in [0, 0.05) is 16.8 Å². The van der Waals surface area contributed by atoms with Crippen LogP contribution in [-0.4, -0.2) is 17.8 Å². The molecule has 0 spiro atoms. The number of aromatic nitrogens is 1. The summed E-state index contributed by atoms with van der Waals surface area (Å²) in [5.41, 5.74) is 9.00. The normalized spacial score (nSPS) is 11.8. The first-order chi connectivity index (χ1) is 9.31. The van der Waals surface area contributed by atoms with Crippen molar-refractivity contribution in [3.63, 3.8) is 0 Å². The number of fused-ring (bicyclic) bond motifs is 1. The molecule has 0 radical (unpaired) electrons. The summed E-state index contributed by atoms with van der Waals surface area (Å²) in [5, 5.41) is 0.618. The number of aryl methyl sites for hydroxylation is 1. The van der Waals surface area contributed by atoms with Crippen molar-refractivity contribution in [1.29, 1.82) is 0 Å². The molecule has 1 aromatic heterocycles. The number of alkyl halides is 3. The number of nitrogens with two attached hydrogens (primary N) is 1. The van der Waals surface area contributed by atoms with Crippen LogP contribution in [0.15, 0.2) is 18.2 Å². The van der Waals surface area contributed by atoms with Gasteiger partial charge in [0.2, 0.25) is 0 Å². The number of nitrogen functional groups attached to an aromatic ring is 1. The van der Waals surface area contributed by atoms with Crippen LogP contribution in [0.1, 0.15) is 18.2 Å². The zero-order chi connectivity index (χ0) is 14.9. The van der Waals surface area contributed by atoms with Crippen molar-refractivity contribution in [3.8, 4) is 5.75 Å². The Bertz CT molecular complexity index is 638. The molecule has 0 atom stereocenters. The van der Waals surface area contributed by atoms with Gasteiger partial charge in [-0.25, -0.2) is 0 Å². The van der Waals surface area contributed by atoms with Crippen molar-refractivity contribution in [2.45, 2.75) is 26.4 Å². The second-order valence-electron chi connectivity index (χ2n) is 4.53. The Labute approximate surface area is 114 Å². The molecule has 0 saturated heterocycles. The molecule has 20 heavy (non-hydrogen) atoms. The molecule has 2 rings (SSSR count). The summed E-state index contributed by atoms with van der Waals surface area (Å²) >= 11 is 0. The third kappa shape index (κ3) is 2.95. The molecule has 0 saturated carbocycles. The number of rotatable bonds is 3. The Morgan fingerprint density at radius 2 is 2.00 bits per heavy atom. The maximum Gasteiger partial charge on any atom is 0.422 e. The van der Waals surface area contributed by atoms with Crippen LogP contribution in [0, 0.1) is 6.92 Å². The van der Waals surface area contributed by atoms with E-state index in [1.165, 1.54) is 12.1 Å². The van der Waals surface area contributed by atoms with Gasteiger partial charge in [0.25, 0.3) is 0 Å². The van der Waals surface area contributed by atoms with Gasteiger partial charge in [-0.05, 0) is 37.1 Å². The zero-order valence-electron chi connectivity index (χ0n) is 11.2. The molecule has 0 aliphatic rings. The van der Waals surface area contributed by atoms with Crippen LogP contribution in [-0.2, 0) is 6.42 Å². The van der Waals surface area contributed by atoms with E-state index in [1.54, 1.807) is 6.07 Å². The largest absolute Gasteiger partial charge is 0.484 e. The van der Waals surface area contributed by atoms with E-state index in [0.717, 1.165) is 11.3 Å². The minimum atomic E-state index is -4.36. The number of nitrogens with zero attached hydrogens (tertiary/aromatic N) is 1. The fraction of sp³-hybridized carbons (Fsp3) is 0.357. The predicted octanol–water partition coefficient (Wildman–Crippen LogP) is 3.63. The van der Waals surface area contributed by atoms with E-state index in [-0.39, 0.29) is 5.75 Å². The number of benzene rings is 1. The number of anilines is 1. The lowest BCUT2D eigenvalue weighted by molar-refractivity contribution is -0.153. The molecule has 108 valence electrons. The highest BCUT2D eigenvalue weighted by molar-refractivity contribution is 5.93. The SMILES string of the molecule is CCc1c(C)nc2ccc(OCC(F)(F)F)cc2c1N. The first-order valence-corrected chi connectivity index (χ1v) is 6.20. The number of ether oxygens (including phenoxy) is 1. The number of hydrogen-bond acceptors (Lipinski definition) is 3. The minimum Gasteiger partial charge on any atom is -0.484 e. The molecule has 0 amide bonds. The van der Waals surface area contributed by atoms with Gasteiger partial charge in [-0.1, -0.05) is 6.92 Å². The highest BCUT2D eigenvalue weighted by Crippen LogP contribution is 2.29. The fourth-order valence-corrected chi connectivity index (χ4v) is 2.14. The average molecular weight is 284 g/mol. The summed E-state index contributed by atoms with van der Waals surface area (Å²) in [7, 11) is 0. The molecule has 0 fully saturated rings. The van der Waals surface area contributed by atoms with E-state index in [9.17, 15) is 13.2 Å². The second-order valence-corrected chi connectivity index (χ2v) is 4.53. The Morgan fingerprint density at radius 3 is 2.60 bits per heavy atom. The lowest BCUT2D eigenvalue weighted by atomic mass is 10.0. The van der Waals surface area contributed by atoms with Gasteiger partial charge in [0.1, 0.15) is 5.75 Å². The predicted molar refractivity (Wildman–Crippen MR) is 71.8 cm³/mol. The van der Waals surface area contributed by atoms with Gasteiger partial charge in [-0.2, -0.15) is 13.2 Å². The molecular formula is C14H15F3N2O. The second kappa shape index (κ2) is 5.19. The molecule has 1 aromatic carbocycles. The fourth-order valence-electron chi connectivity index (χ4n) is 2.14. The molecule has 2 aromatic rings. The van der Waals surface area contributed by atoms with Gasteiger partial charge < -0.3 is 10.5 Å². The summed E-state index contributed by atoms with van der Waals surface area (Å²) in [6.45, 7) is 2.50. The molecule has 0 aliphatic carbocycles. The Hall–Kier alpha value is -1.98. The van der Waals surface area contributed by atoms with Crippen molar-refractivity contribution < 1.29 is 17.9 Å². The van der Waals surface area contributed by atoms with Crippen molar-refractivity contribution in [2.75, 3.05) is 12.3 Å². The number of hydrogen-bond donors (Lipinski definition) is 1. The van der Waals surface area contributed by atoms with Crippen LogP contribution in [0.4, 0.5) is 18.9 Å². The molecule has 2 N–H and O–H groups in total. The van der Waals surface area contributed by atoms with Crippen LogP contribution in [0.3, 0.4) is 0 Å². The van der Waals surface area contributed by atoms with Crippen LogP contribution in [0.25, 0.3) is 10.9 Å². The van der Waals surface area contributed by atoms with Crippen molar-refractivity contribution in [1.82, 2.24) is 4.98 Å². The number of halogens is 3. The maximum absolute atomic E-state index is 12.1. The zero-order valence-corrected chi connectivity index (χ0v) is 11.2. The van der Waals surface area contributed by atoms with Gasteiger partial charge in [-0.3, -0.25) is 4.98 Å². The van der Waals surface area contributed by atoms with Gasteiger partial charge in [0.05, 0.1) is 5.52 Å². The Balaban J connectivity index is 2.43. The molecule has 6 heteroatoms. The summed E-state index contributed by atoms with van der Waals surface area (Å²) in [4.78, 5) is 4.40. The molecule has 0 aliphatic heterocycles. The number of pyridine rings is 1. The van der Waals surface area contributed by atoms with Gasteiger partial charge in [0.15, 0.2) is 6.61 Å². The molecule has 0 unspecified atom stereocenters. The van der Waals surface area contributed by atoms with E-state index in [1.807, 2.05) is 13.8 Å². The van der Waals surface area contributed by atoms with Crippen LogP contribution in [0.2, 0.25) is 0 Å². The first-order valence-electron chi connectivity index (χ1n) is 6.20. The monoisotopic (exact) mass is 284 g/mol. The third-order valence-corrected chi connectivity index (χ3v) is 3.06. The molecule has 3 nitrogen and oxygen atoms in total. The van der Waals surface area contributed by atoms with E-state index >= 15 is 0 Å². The molecular weight excluding hydrogens is 269 g/mol. The summed E-state index contributed by atoms with van der Waals surface area (Å²) < 4.78 is 41.2. The molecule has 0 bridgehead atoms. The van der Waals surface area contributed by atoms with Crippen molar-refractivity contribution in [3.05, 3.63) is 29.5 Å². The van der Waals surface area contributed by atoms with Crippen molar-refractivity contribution in [2.24, 2.45) is 0 Å². The lowest BCUT2D eigenvalue weighted by Crippen LogP contribution is -2.19. The summed E-state index contributed by atoms with van der Waals surface area (Å²) in [5.74, 6) is 0.134. The Morgan fingerprint density at radius 1 is 1.30 bits per heavy atom. The first kappa shape index (κ1) is 14.4. The van der Waals surface area contributed by atoms with Gasteiger partial charge >= 0.3 is 6.18 Å². The van der Waals surface area contributed by atoms with Crippen LogP contribution >= 0.6 is 0 Å². The topological polar surface area (TPSA) is 48.1 Å². The highest BCUT2D eigenvalue weighted by atomic mass is 19.4. The van der Waals surface area contributed by atoms with E-state index < -0.39 is 12.8 Å².